The predicted molar refractivity (Wildman–Crippen MR) is 69.2 cm³/mol. The number of piperidine rings is 2. The van der Waals surface area contributed by atoms with E-state index in [1.165, 1.54) is 6.42 Å². The molecule has 3 unspecified atom stereocenters. The summed E-state index contributed by atoms with van der Waals surface area (Å²) in [7, 11) is 0. The van der Waals surface area contributed by atoms with Crippen LogP contribution >= 0.6 is 0 Å². The molecule has 1 amide bonds. The van der Waals surface area contributed by atoms with E-state index in [4.69, 9.17) is 0 Å². The number of aliphatic hydroxyl groups is 1. The smallest absolute Gasteiger partial charge is 0.243 e. The topological polar surface area (TPSA) is 52.6 Å². The number of nitrogens with zero attached hydrogens (tertiary/aromatic N) is 1. The van der Waals surface area contributed by atoms with Crippen LogP contribution in [0.5, 0.6) is 0 Å². The molecule has 4 heteroatoms. The Morgan fingerprint density at radius 1 is 1.28 bits per heavy atom. The SMILES string of the molecule is CC1(C(=O)N2C3CCC2CC(O)C3)CCCCN1. The Morgan fingerprint density at radius 2 is 1.94 bits per heavy atom. The molecule has 2 bridgehead atoms. The highest BCUT2D eigenvalue weighted by Gasteiger charge is 2.48. The van der Waals surface area contributed by atoms with Crippen molar-refractivity contribution in [3.05, 3.63) is 0 Å². The van der Waals surface area contributed by atoms with E-state index in [0.29, 0.717) is 0 Å². The maximum absolute atomic E-state index is 12.8. The third kappa shape index (κ3) is 1.95. The van der Waals surface area contributed by atoms with Crippen LogP contribution in [0, 0.1) is 0 Å². The van der Waals surface area contributed by atoms with Gasteiger partial charge in [-0.3, -0.25) is 4.79 Å². The van der Waals surface area contributed by atoms with Crippen molar-refractivity contribution in [2.45, 2.75) is 75.6 Å². The van der Waals surface area contributed by atoms with Crippen molar-refractivity contribution in [2.24, 2.45) is 0 Å². The number of fused-ring (bicyclic) bond motifs is 2. The van der Waals surface area contributed by atoms with Crippen LogP contribution in [0.4, 0.5) is 0 Å². The summed E-state index contributed by atoms with van der Waals surface area (Å²) in [5.41, 5.74) is -0.360. The van der Waals surface area contributed by atoms with Gasteiger partial charge in [0.2, 0.25) is 5.91 Å². The maximum atomic E-state index is 12.8. The molecule has 0 aromatic carbocycles. The van der Waals surface area contributed by atoms with Gasteiger partial charge in [0.05, 0.1) is 11.6 Å². The Kier molecular flexibility index (Phi) is 3.10. The molecule has 3 atom stereocenters. The average Bonchev–Trinajstić information content (AvgIpc) is 2.61. The lowest BCUT2D eigenvalue weighted by Gasteiger charge is -2.44. The first-order valence-corrected chi connectivity index (χ1v) is 7.36. The highest BCUT2D eigenvalue weighted by Crippen LogP contribution is 2.38. The molecule has 4 nitrogen and oxygen atoms in total. The van der Waals surface area contributed by atoms with E-state index in [1.807, 2.05) is 0 Å². The molecule has 0 radical (unpaired) electrons. The molecule has 3 saturated heterocycles. The molecule has 3 rings (SSSR count). The molecular weight excluding hydrogens is 228 g/mol. The summed E-state index contributed by atoms with van der Waals surface area (Å²) < 4.78 is 0. The van der Waals surface area contributed by atoms with Crippen LogP contribution in [0.1, 0.15) is 51.9 Å². The number of hydrogen-bond acceptors (Lipinski definition) is 3. The van der Waals surface area contributed by atoms with E-state index in [0.717, 1.165) is 45.1 Å². The second-order valence-corrected chi connectivity index (χ2v) is 6.44. The van der Waals surface area contributed by atoms with Gasteiger partial charge in [-0.2, -0.15) is 0 Å². The van der Waals surface area contributed by atoms with Gasteiger partial charge in [0, 0.05) is 12.1 Å². The summed E-state index contributed by atoms with van der Waals surface area (Å²) >= 11 is 0. The fraction of sp³-hybridized carbons (Fsp3) is 0.929. The lowest BCUT2D eigenvalue weighted by Crippen LogP contribution is -2.62. The van der Waals surface area contributed by atoms with Gasteiger partial charge in [-0.15, -0.1) is 0 Å². The van der Waals surface area contributed by atoms with Crippen molar-refractivity contribution in [3.8, 4) is 0 Å². The van der Waals surface area contributed by atoms with Crippen LogP contribution in [0.2, 0.25) is 0 Å². The zero-order chi connectivity index (χ0) is 12.8. The van der Waals surface area contributed by atoms with Crippen LogP contribution in [-0.4, -0.2) is 46.2 Å². The lowest BCUT2D eigenvalue weighted by molar-refractivity contribution is -0.145. The molecule has 3 aliphatic heterocycles. The van der Waals surface area contributed by atoms with E-state index in [9.17, 15) is 9.90 Å². The fourth-order valence-corrected chi connectivity index (χ4v) is 4.00. The summed E-state index contributed by atoms with van der Waals surface area (Å²) in [6.07, 6.45) is 6.77. The lowest BCUT2D eigenvalue weighted by atomic mass is 9.87. The van der Waals surface area contributed by atoms with Crippen molar-refractivity contribution in [1.82, 2.24) is 10.2 Å². The summed E-state index contributed by atoms with van der Waals surface area (Å²) in [5, 5.41) is 13.2. The fourth-order valence-electron chi connectivity index (χ4n) is 4.00. The highest BCUT2D eigenvalue weighted by atomic mass is 16.3. The van der Waals surface area contributed by atoms with E-state index in [1.54, 1.807) is 0 Å². The third-order valence-electron chi connectivity index (χ3n) is 5.03. The zero-order valence-electron chi connectivity index (χ0n) is 11.2. The Labute approximate surface area is 109 Å². The maximum Gasteiger partial charge on any atom is 0.243 e. The Hall–Kier alpha value is -0.610. The van der Waals surface area contributed by atoms with Crippen LogP contribution in [0.15, 0.2) is 0 Å². The summed E-state index contributed by atoms with van der Waals surface area (Å²) in [4.78, 5) is 14.9. The summed E-state index contributed by atoms with van der Waals surface area (Å²) in [6.45, 7) is 3.01. The van der Waals surface area contributed by atoms with Crippen molar-refractivity contribution in [1.29, 1.82) is 0 Å². The molecule has 3 heterocycles. The first kappa shape index (κ1) is 12.4. The van der Waals surface area contributed by atoms with Gasteiger partial charge in [0.15, 0.2) is 0 Å². The minimum absolute atomic E-state index is 0.196. The monoisotopic (exact) mass is 252 g/mol. The minimum Gasteiger partial charge on any atom is -0.393 e. The van der Waals surface area contributed by atoms with Gasteiger partial charge in [-0.05, 0) is 58.4 Å². The van der Waals surface area contributed by atoms with Gasteiger partial charge in [0.1, 0.15) is 0 Å². The molecule has 0 spiro atoms. The van der Waals surface area contributed by atoms with Crippen molar-refractivity contribution < 1.29 is 9.90 Å². The number of aliphatic hydroxyl groups excluding tert-OH is 1. The molecule has 18 heavy (non-hydrogen) atoms. The van der Waals surface area contributed by atoms with Gasteiger partial charge in [-0.1, -0.05) is 0 Å². The molecule has 0 aromatic heterocycles. The van der Waals surface area contributed by atoms with E-state index >= 15 is 0 Å². The molecule has 2 N–H and O–H groups in total. The van der Waals surface area contributed by atoms with Crippen molar-refractivity contribution in [2.75, 3.05) is 6.54 Å². The van der Waals surface area contributed by atoms with E-state index in [2.05, 4.69) is 17.1 Å². The van der Waals surface area contributed by atoms with E-state index in [-0.39, 0.29) is 29.6 Å². The van der Waals surface area contributed by atoms with Gasteiger partial charge >= 0.3 is 0 Å². The molecular formula is C14H24N2O2. The average molecular weight is 252 g/mol. The highest BCUT2D eigenvalue weighted by molar-refractivity contribution is 5.87. The Morgan fingerprint density at radius 3 is 2.50 bits per heavy atom. The first-order valence-electron chi connectivity index (χ1n) is 7.36. The second kappa shape index (κ2) is 4.49. The number of carbonyl (C=O) groups is 1. The van der Waals surface area contributed by atoms with Crippen LogP contribution < -0.4 is 5.32 Å². The van der Waals surface area contributed by atoms with Gasteiger partial charge < -0.3 is 15.3 Å². The molecule has 3 aliphatic rings. The van der Waals surface area contributed by atoms with E-state index < -0.39 is 0 Å². The molecule has 0 saturated carbocycles. The van der Waals surface area contributed by atoms with Crippen LogP contribution in [-0.2, 0) is 4.79 Å². The minimum atomic E-state index is -0.360. The molecule has 0 aromatic rings. The quantitative estimate of drug-likeness (QED) is 0.733. The van der Waals surface area contributed by atoms with Crippen molar-refractivity contribution in [3.63, 3.8) is 0 Å². The van der Waals surface area contributed by atoms with Crippen LogP contribution in [0.25, 0.3) is 0 Å². The number of carbonyl (C=O) groups excluding carboxylic acids is 1. The van der Waals surface area contributed by atoms with Crippen molar-refractivity contribution >= 4 is 5.91 Å². The first-order chi connectivity index (χ1) is 8.60. The number of hydrogen-bond donors (Lipinski definition) is 2. The summed E-state index contributed by atoms with van der Waals surface area (Å²) in [6, 6.07) is 0.568. The molecule has 3 fully saturated rings. The largest absolute Gasteiger partial charge is 0.393 e. The third-order valence-corrected chi connectivity index (χ3v) is 5.03. The van der Waals surface area contributed by atoms with Gasteiger partial charge in [0.25, 0.3) is 0 Å². The number of amides is 1. The van der Waals surface area contributed by atoms with Gasteiger partial charge in [-0.25, -0.2) is 0 Å². The molecule has 102 valence electrons. The predicted octanol–water partition coefficient (Wildman–Crippen LogP) is 1.03. The normalized spacial score (nSPS) is 44.1. The number of nitrogens with one attached hydrogen (secondary N) is 1. The standard InChI is InChI=1S/C14H24N2O2/c1-14(6-2-3-7-15-14)13(18)16-10-4-5-11(16)9-12(17)8-10/h10-12,15,17H,2-9H2,1H3. The summed E-state index contributed by atoms with van der Waals surface area (Å²) in [5.74, 6) is 0.279. The molecule has 0 aliphatic carbocycles. The Balaban J connectivity index is 1.76. The van der Waals surface area contributed by atoms with Crippen LogP contribution in [0.3, 0.4) is 0 Å². The number of rotatable bonds is 1. The Bertz CT molecular complexity index is 325. The zero-order valence-corrected chi connectivity index (χ0v) is 11.2. The second-order valence-electron chi connectivity index (χ2n) is 6.44.